The van der Waals surface area contributed by atoms with Gasteiger partial charge in [-0.3, -0.25) is 14.9 Å². The van der Waals surface area contributed by atoms with Gasteiger partial charge in [-0.15, -0.1) is 0 Å². The number of aryl methyl sites for hydroxylation is 2. The molecule has 0 radical (unpaired) electrons. The van der Waals surface area contributed by atoms with Gasteiger partial charge < -0.3 is 9.15 Å². The van der Waals surface area contributed by atoms with Crippen molar-refractivity contribution >= 4 is 29.1 Å². The summed E-state index contributed by atoms with van der Waals surface area (Å²) in [6.07, 6.45) is 1.64. The maximum absolute atomic E-state index is 13.0. The largest absolute Gasteiger partial charge is 0.496 e. The number of furan rings is 1. The van der Waals surface area contributed by atoms with Crippen molar-refractivity contribution in [3.05, 3.63) is 81.1 Å². The molecule has 0 spiro atoms. The number of ether oxygens (including phenoxy) is 1. The molecule has 8 nitrogen and oxygen atoms in total. The Bertz CT molecular complexity index is 1300. The van der Waals surface area contributed by atoms with Gasteiger partial charge in [0.25, 0.3) is 11.6 Å². The molecule has 2 heterocycles. The van der Waals surface area contributed by atoms with Crippen LogP contribution in [0.3, 0.4) is 0 Å². The highest BCUT2D eigenvalue weighted by atomic mass is 16.6. The molecule has 1 aromatic heterocycles. The second kappa shape index (κ2) is 8.14. The Balaban J connectivity index is 1.64. The first-order valence-electron chi connectivity index (χ1n) is 9.90. The molecular formula is C24H21N3O5. The minimum absolute atomic E-state index is 0.0747. The van der Waals surface area contributed by atoms with E-state index in [2.05, 4.69) is 5.10 Å². The quantitative estimate of drug-likeness (QED) is 0.311. The summed E-state index contributed by atoms with van der Waals surface area (Å²) in [5.41, 5.74) is 4.43. The normalized spacial score (nSPS) is 14.8. The molecule has 0 fully saturated rings. The second-order valence-corrected chi connectivity index (χ2v) is 7.47. The molecule has 2 aromatic carbocycles. The van der Waals surface area contributed by atoms with E-state index in [1.165, 1.54) is 24.3 Å². The number of nitrogens with zero attached hydrogens (tertiary/aromatic N) is 3. The summed E-state index contributed by atoms with van der Waals surface area (Å²) >= 11 is 0. The van der Waals surface area contributed by atoms with Gasteiger partial charge in [-0.1, -0.05) is 6.07 Å². The fourth-order valence-electron chi connectivity index (χ4n) is 3.43. The van der Waals surface area contributed by atoms with Crippen molar-refractivity contribution in [3.63, 3.8) is 0 Å². The standard InChI is InChI=1S/C24H21N3O5/c1-14-5-6-17(11-15(14)2)26-24(28)21(16(3)25-26)13-19-8-10-22(32-19)20-9-7-18(27(29)30)12-23(20)31-4/h5-13H,1-4H3. The third-order valence-corrected chi connectivity index (χ3v) is 5.37. The van der Waals surface area contributed by atoms with Crippen LogP contribution in [0, 0.1) is 24.0 Å². The van der Waals surface area contributed by atoms with E-state index in [0.29, 0.717) is 39.8 Å². The van der Waals surface area contributed by atoms with Gasteiger partial charge in [0.1, 0.15) is 17.3 Å². The molecule has 1 aliphatic rings. The number of rotatable bonds is 5. The summed E-state index contributed by atoms with van der Waals surface area (Å²) in [5, 5.41) is 16.8. The van der Waals surface area contributed by atoms with Crippen molar-refractivity contribution in [2.75, 3.05) is 12.1 Å². The summed E-state index contributed by atoms with van der Waals surface area (Å²) in [4.78, 5) is 23.5. The molecule has 0 N–H and O–H groups in total. The number of nitro groups is 1. The highest BCUT2D eigenvalue weighted by Crippen LogP contribution is 2.35. The summed E-state index contributed by atoms with van der Waals surface area (Å²) in [5.74, 6) is 1.01. The molecule has 1 aliphatic heterocycles. The second-order valence-electron chi connectivity index (χ2n) is 7.47. The van der Waals surface area contributed by atoms with Crippen LogP contribution in [-0.4, -0.2) is 23.7 Å². The fourth-order valence-corrected chi connectivity index (χ4v) is 3.43. The molecule has 3 aromatic rings. The molecule has 162 valence electrons. The zero-order valence-electron chi connectivity index (χ0n) is 18.1. The summed E-state index contributed by atoms with van der Waals surface area (Å²) in [7, 11) is 1.44. The maximum Gasteiger partial charge on any atom is 0.280 e. The van der Waals surface area contributed by atoms with E-state index >= 15 is 0 Å². The molecule has 0 bridgehead atoms. The van der Waals surface area contributed by atoms with E-state index in [1.807, 2.05) is 32.0 Å². The van der Waals surface area contributed by atoms with Crippen molar-refractivity contribution in [2.24, 2.45) is 5.10 Å². The number of carbonyl (C=O) groups is 1. The Labute approximate surface area is 184 Å². The van der Waals surface area contributed by atoms with Crippen LogP contribution in [0.15, 0.2) is 63.6 Å². The number of hydrogen-bond acceptors (Lipinski definition) is 6. The van der Waals surface area contributed by atoms with Crippen molar-refractivity contribution in [1.82, 2.24) is 0 Å². The molecule has 1 amide bonds. The third-order valence-electron chi connectivity index (χ3n) is 5.37. The van der Waals surface area contributed by atoms with Gasteiger partial charge in [0, 0.05) is 6.07 Å². The van der Waals surface area contributed by atoms with Crippen LogP contribution >= 0.6 is 0 Å². The number of hydrazone groups is 1. The van der Waals surface area contributed by atoms with Crippen molar-refractivity contribution < 1.29 is 18.9 Å². The van der Waals surface area contributed by atoms with Crippen LogP contribution in [0.2, 0.25) is 0 Å². The fraction of sp³-hybridized carbons (Fsp3) is 0.167. The molecule has 4 rings (SSSR count). The number of amides is 1. The van der Waals surface area contributed by atoms with Crippen LogP contribution in [-0.2, 0) is 4.79 Å². The minimum atomic E-state index is -0.487. The first-order valence-corrected chi connectivity index (χ1v) is 9.90. The highest BCUT2D eigenvalue weighted by Gasteiger charge is 2.29. The average Bonchev–Trinajstić information content (AvgIpc) is 3.35. The number of hydrogen-bond donors (Lipinski definition) is 0. The highest BCUT2D eigenvalue weighted by molar-refractivity contribution is 6.32. The first-order chi connectivity index (χ1) is 15.3. The zero-order chi connectivity index (χ0) is 23.0. The lowest BCUT2D eigenvalue weighted by molar-refractivity contribution is -0.384. The Kier molecular flexibility index (Phi) is 5.36. The summed E-state index contributed by atoms with van der Waals surface area (Å²) in [6.45, 7) is 5.77. The Morgan fingerprint density at radius 1 is 1.06 bits per heavy atom. The summed E-state index contributed by atoms with van der Waals surface area (Å²) in [6, 6.07) is 13.5. The Morgan fingerprint density at radius 2 is 1.84 bits per heavy atom. The van der Waals surface area contributed by atoms with E-state index in [4.69, 9.17) is 9.15 Å². The van der Waals surface area contributed by atoms with Crippen molar-refractivity contribution in [1.29, 1.82) is 0 Å². The van der Waals surface area contributed by atoms with Gasteiger partial charge in [0.15, 0.2) is 0 Å². The SMILES string of the molecule is COc1cc([N+](=O)[O-])ccc1-c1ccc(C=C2C(=O)N(c3ccc(C)c(C)c3)N=C2C)o1. The lowest BCUT2D eigenvalue weighted by Gasteiger charge is -2.13. The number of nitro benzene ring substituents is 1. The van der Waals surface area contributed by atoms with Crippen LogP contribution < -0.4 is 9.75 Å². The minimum Gasteiger partial charge on any atom is -0.496 e. The van der Waals surface area contributed by atoms with E-state index < -0.39 is 4.92 Å². The zero-order valence-corrected chi connectivity index (χ0v) is 18.1. The van der Waals surface area contributed by atoms with E-state index in [-0.39, 0.29) is 11.6 Å². The van der Waals surface area contributed by atoms with E-state index in [0.717, 1.165) is 11.1 Å². The Hall–Kier alpha value is -4.20. The smallest absolute Gasteiger partial charge is 0.280 e. The van der Waals surface area contributed by atoms with E-state index in [9.17, 15) is 14.9 Å². The molecule has 8 heteroatoms. The van der Waals surface area contributed by atoms with Gasteiger partial charge in [0.2, 0.25) is 0 Å². The summed E-state index contributed by atoms with van der Waals surface area (Å²) < 4.78 is 11.2. The molecular weight excluding hydrogens is 410 g/mol. The average molecular weight is 431 g/mol. The lowest BCUT2D eigenvalue weighted by atomic mass is 10.1. The first kappa shape index (κ1) is 21.0. The van der Waals surface area contributed by atoms with Gasteiger partial charge in [-0.25, -0.2) is 0 Å². The molecule has 0 saturated heterocycles. The van der Waals surface area contributed by atoms with Crippen LogP contribution in [0.4, 0.5) is 11.4 Å². The lowest BCUT2D eigenvalue weighted by Crippen LogP contribution is -2.21. The van der Waals surface area contributed by atoms with Crippen molar-refractivity contribution in [3.8, 4) is 17.1 Å². The molecule has 0 unspecified atom stereocenters. The van der Waals surface area contributed by atoms with Crippen LogP contribution in [0.1, 0.15) is 23.8 Å². The molecule has 32 heavy (non-hydrogen) atoms. The van der Waals surface area contributed by atoms with Gasteiger partial charge in [-0.2, -0.15) is 10.1 Å². The third kappa shape index (κ3) is 3.78. The molecule has 0 aliphatic carbocycles. The van der Waals surface area contributed by atoms with Gasteiger partial charge >= 0.3 is 0 Å². The van der Waals surface area contributed by atoms with E-state index in [1.54, 1.807) is 31.2 Å². The molecule has 0 saturated carbocycles. The number of carbonyl (C=O) groups excluding carboxylic acids is 1. The Morgan fingerprint density at radius 3 is 2.53 bits per heavy atom. The number of benzene rings is 2. The van der Waals surface area contributed by atoms with Crippen LogP contribution in [0.5, 0.6) is 5.75 Å². The number of anilines is 1. The maximum atomic E-state index is 13.0. The number of non-ortho nitro benzene ring substituents is 1. The van der Waals surface area contributed by atoms with Gasteiger partial charge in [0.05, 0.1) is 40.6 Å². The number of methoxy groups -OCH3 is 1. The monoisotopic (exact) mass is 431 g/mol. The predicted octanol–water partition coefficient (Wildman–Crippen LogP) is 5.29. The molecule has 0 atom stereocenters. The van der Waals surface area contributed by atoms with Crippen molar-refractivity contribution in [2.45, 2.75) is 20.8 Å². The van der Waals surface area contributed by atoms with Crippen LogP contribution in [0.25, 0.3) is 17.4 Å². The van der Waals surface area contributed by atoms with Gasteiger partial charge in [-0.05, 0) is 68.3 Å². The predicted molar refractivity (Wildman–Crippen MR) is 122 cm³/mol. The topological polar surface area (TPSA) is 98.2 Å².